The number of carbonyl (C=O) groups excluding carboxylic acids is 1. The summed E-state index contributed by atoms with van der Waals surface area (Å²) in [6.45, 7) is 5.31. The van der Waals surface area contributed by atoms with Gasteiger partial charge in [-0.25, -0.2) is 4.79 Å². The van der Waals surface area contributed by atoms with Crippen LogP contribution in [0.25, 0.3) is 0 Å². The number of amides is 1. The van der Waals surface area contributed by atoms with Crippen LogP contribution in [-0.2, 0) is 10.9 Å². The largest absolute Gasteiger partial charge is 0.444 e. The maximum atomic E-state index is 12.5. The number of ether oxygens (including phenoxy) is 1. The second-order valence-corrected chi connectivity index (χ2v) is 6.49. The van der Waals surface area contributed by atoms with Crippen molar-refractivity contribution in [2.24, 2.45) is 0 Å². The third-order valence-corrected chi connectivity index (χ3v) is 3.40. The molecule has 22 heavy (non-hydrogen) atoms. The van der Waals surface area contributed by atoms with Crippen LogP contribution >= 0.6 is 0 Å². The lowest BCUT2D eigenvalue weighted by molar-refractivity contribution is -0.141. The molecule has 2 atom stereocenters. The van der Waals surface area contributed by atoms with Crippen LogP contribution in [0.15, 0.2) is 12.3 Å². The van der Waals surface area contributed by atoms with Crippen LogP contribution < -0.4 is 5.32 Å². The van der Waals surface area contributed by atoms with Gasteiger partial charge in [0.25, 0.3) is 0 Å². The van der Waals surface area contributed by atoms with Crippen molar-refractivity contribution < 1.29 is 22.7 Å². The van der Waals surface area contributed by atoms with E-state index in [-0.39, 0.29) is 12.1 Å². The van der Waals surface area contributed by atoms with Gasteiger partial charge in [0, 0.05) is 12.2 Å². The molecule has 2 unspecified atom stereocenters. The second-order valence-electron chi connectivity index (χ2n) is 6.49. The van der Waals surface area contributed by atoms with Crippen LogP contribution in [-0.4, -0.2) is 27.5 Å². The predicted octanol–water partition coefficient (Wildman–Crippen LogP) is 3.52. The van der Waals surface area contributed by atoms with Crippen molar-refractivity contribution in [3.63, 3.8) is 0 Å². The number of nitrogens with one attached hydrogen (secondary N) is 1. The highest BCUT2D eigenvalue weighted by atomic mass is 19.4. The zero-order chi connectivity index (χ0) is 16.5. The molecule has 8 heteroatoms. The molecule has 0 saturated heterocycles. The first-order valence-corrected chi connectivity index (χ1v) is 7.16. The van der Waals surface area contributed by atoms with Gasteiger partial charge in [0.05, 0.1) is 6.04 Å². The summed E-state index contributed by atoms with van der Waals surface area (Å²) in [5.74, 6) is 0. The molecule has 0 aromatic carbocycles. The van der Waals surface area contributed by atoms with E-state index in [9.17, 15) is 18.0 Å². The van der Waals surface area contributed by atoms with Crippen LogP contribution in [0.4, 0.5) is 18.0 Å². The number of hydrogen-bond acceptors (Lipinski definition) is 3. The van der Waals surface area contributed by atoms with Crippen molar-refractivity contribution >= 4 is 6.09 Å². The maximum Gasteiger partial charge on any atom is 0.435 e. The highest BCUT2D eigenvalue weighted by Crippen LogP contribution is 2.32. The number of alkyl carbamates (subject to hydrolysis) is 1. The minimum atomic E-state index is -4.43. The van der Waals surface area contributed by atoms with Crippen LogP contribution in [0.3, 0.4) is 0 Å². The maximum absolute atomic E-state index is 12.5. The third-order valence-electron chi connectivity index (χ3n) is 3.40. The average molecular weight is 319 g/mol. The molecule has 1 amide bonds. The zero-order valence-corrected chi connectivity index (χ0v) is 12.8. The summed E-state index contributed by atoms with van der Waals surface area (Å²) in [5, 5.41) is 6.33. The fourth-order valence-electron chi connectivity index (χ4n) is 2.50. The number of rotatable bonds is 2. The molecule has 1 N–H and O–H groups in total. The second kappa shape index (κ2) is 5.81. The van der Waals surface area contributed by atoms with E-state index >= 15 is 0 Å². The van der Waals surface area contributed by atoms with Gasteiger partial charge in [-0.2, -0.15) is 18.3 Å². The Morgan fingerprint density at radius 2 is 2.05 bits per heavy atom. The van der Waals surface area contributed by atoms with Gasteiger partial charge in [-0.15, -0.1) is 0 Å². The highest BCUT2D eigenvalue weighted by Gasteiger charge is 2.35. The van der Waals surface area contributed by atoms with E-state index in [0.29, 0.717) is 19.3 Å². The Kier molecular flexibility index (Phi) is 4.39. The van der Waals surface area contributed by atoms with E-state index in [0.717, 1.165) is 6.07 Å². The molecule has 1 aliphatic carbocycles. The summed E-state index contributed by atoms with van der Waals surface area (Å²) in [6.07, 6.45) is -1.71. The fraction of sp³-hybridized carbons (Fsp3) is 0.714. The number of hydrogen-bond donors (Lipinski definition) is 1. The van der Waals surface area contributed by atoms with Crippen LogP contribution in [0.1, 0.15) is 51.8 Å². The summed E-state index contributed by atoms with van der Waals surface area (Å²) in [7, 11) is 0. The van der Waals surface area contributed by atoms with E-state index in [1.165, 1.54) is 10.9 Å². The van der Waals surface area contributed by atoms with Crippen molar-refractivity contribution in [1.29, 1.82) is 0 Å². The van der Waals surface area contributed by atoms with E-state index in [2.05, 4.69) is 10.4 Å². The summed E-state index contributed by atoms with van der Waals surface area (Å²) in [6, 6.07) is 0.712. The van der Waals surface area contributed by atoms with Gasteiger partial charge in [0.15, 0.2) is 5.69 Å². The number of aromatic nitrogens is 2. The molecule has 1 aromatic heterocycles. The molecule has 1 heterocycles. The normalized spacial score (nSPS) is 22.6. The monoisotopic (exact) mass is 319 g/mol. The van der Waals surface area contributed by atoms with Gasteiger partial charge < -0.3 is 10.1 Å². The van der Waals surface area contributed by atoms with Gasteiger partial charge in [-0.1, -0.05) is 0 Å². The third kappa shape index (κ3) is 4.38. The summed E-state index contributed by atoms with van der Waals surface area (Å²) in [4.78, 5) is 11.7. The molecule has 1 fully saturated rings. The van der Waals surface area contributed by atoms with E-state index in [4.69, 9.17) is 4.74 Å². The van der Waals surface area contributed by atoms with Gasteiger partial charge in [0.1, 0.15) is 5.60 Å². The van der Waals surface area contributed by atoms with Gasteiger partial charge in [0.2, 0.25) is 0 Å². The number of carbonyl (C=O) groups is 1. The quantitative estimate of drug-likeness (QED) is 0.907. The average Bonchev–Trinajstić information content (AvgIpc) is 2.91. The summed E-state index contributed by atoms with van der Waals surface area (Å²) < 4.78 is 44.1. The van der Waals surface area contributed by atoms with E-state index in [1.54, 1.807) is 20.8 Å². The smallest absolute Gasteiger partial charge is 0.435 e. The number of halogens is 3. The molecule has 124 valence electrons. The lowest BCUT2D eigenvalue weighted by Gasteiger charge is -2.21. The Morgan fingerprint density at radius 3 is 2.59 bits per heavy atom. The Labute approximate surface area is 126 Å². The summed E-state index contributed by atoms with van der Waals surface area (Å²) >= 11 is 0. The fourth-order valence-corrected chi connectivity index (χ4v) is 2.50. The summed E-state index contributed by atoms with van der Waals surface area (Å²) in [5.41, 5.74) is -1.47. The molecule has 1 aromatic rings. The van der Waals surface area contributed by atoms with Crippen molar-refractivity contribution in [3.8, 4) is 0 Å². The van der Waals surface area contributed by atoms with Gasteiger partial charge >= 0.3 is 12.3 Å². The molecular weight excluding hydrogens is 299 g/mol. The van der Waals surface area contributed by atoms with E-state index in [1.807, 2.05) is 0 Å². The SMILES string of the molecule is CC(C)(C)OC(=O)NC1CCC(n2ccc(C(F)(F)F)n2)C1. The first kappa shape index (κ1) is 16.6. The Hall–Kier alpha value is -1.73. The van der Waals surface area contributed by atoms with Crippen molar-refractivity contribution in [2.45, 2.75) is 63.9 Å². The van der Waals surface area contributed by atoms with Crippen molar-refractivity contribution in [3.05, 3.63) is 18.0 Å². The zero-order valence-electron chi connectivity index (χ0n) is 12.8. The Morgan fingerprint density at radius 1 is 1.36 bits per heavy atom. The van der Waals surface area contributed by atoms with Crippen LogP contribution in [0.2, 0.25) is 0 Å². The number of alkyl halides is 3. The standard InChI is InChI=1S/C14H20F3N3O2/c1-13(2,3)22-12(21)18-9-4-5-10(8-9)20-7-6-11(19-20)14(15,16)17/h6-7,9-10H,4-5,8H2,1-3H3,(H,18,21). The lowest BCUT2D eigenvalue weighted by atomic mass is 10.2. The Bertz CT molecular complexity index is 534. The van der Waals surface area contributed by atoms with Crippen LogP contribution in [0, 0.1) is 0 Å². The van der Waals surface area contributed by atoms with Crippen LogP contribution in [0.5, 0.6) is 0 Å². The molecule has 0 radical (unpaired) electrons. The lowest BCUT2D eigenvalue weighted by Crippen LogP contribution is -2.38. The van der Waals surface area contributed by atoms with Gasteiger partial charge in [-0.05, 0) is 46.1 Å². The van der Waals surface area contributed by atoms with Crippen molar-refractivity contribution in [1.82, 2.24) is 15.1 Å². The Balaban J connectivity index is 1.90. The predicted molar refractivity (Wildman–Crippen MR) is 73.3 cm³/mol. The highest BCUT2D eigenvalue weighted by molar-refractivity contribution is 5.68. The van der Waals surface area contributed by atoms with Crippen molar-refractivity contribution in [2.75, 3.05) is 0 Å². The molecule has 0 bridgehead atoms. The van der Waals surface area contributed by atoms with Gasteiger partial charge in [-0.3, -0.25) is 4.68 Å². The minimum absolute atomic E-state index is 0.113. The molecule has 1 saturated carbocycles. The molecule has 0 aliphatic heterocycles. The topological polar surface area (TPSA) is 56.1 Å². The minimum Gasteiger partial charge on any atom is -0.444 e. The number of nitrogens with zero attached hydrogens (tertiary/aromatic N) is 2. The van der Waals surface area contributed by atoms with E-state index < -0.39 is 23.6 Å². The first-order valence-electron chi connectivity index (χ1n) is 7.16. The molecule has 5 nitrogen and oxygen atoms in total. The first-order chi connectivity index (χ1) is 10.0. The molecule has 2 rings (SSSR count). The molecule has 1 aliphatic rings. The molecule has 0 spiro atoms. The molecular formula is C14H20F3N3O2.